The third kappa shape index (κ3) is 2.51. The SMILES string of the molecule is NC=Cc1nc(Cl)cc(N2CC(O)C(F)(F)C2)n1. The van der Waals surface area contributed by atoms with E-state index in [0.717, 1.165) is 0 Å². The van der Waals surface area contributed by atoms with E-state index < -0.39 is 18.6 Å². The highest BCUT2D eigenvalue weighted by Crippen LogP contribution is 2.31. The maximum atomic E-state index is 13.2. The fraction of sp³-hybridized carbons (Fsp3) is 0.400. The number of nitrogens with two attached hydrogens (primary N) is 1. The highest BCUT2D eigenvalue weighted by molar-refractivity contribution is 6.29. The Balaban J connectivity index is 2.29. The van der Waals surface area contributed by atoms with Crippen LogP contribution in [0.2, 0.25) is 5.15 Å². The van der Waals surface area contributed by atoms with E-state index in [0.29, 0.717) is 0 Å². The summed E-state index contributed by atoms with van der Waals surface area (Å²) < 4.78 is 26.4. The second kappa shape index (κ2) is 4.66. The van der Waals surface area contributed by atoms with Crippen molar-refractivity contribution in [2.24, 2.45) is 5.73 Å². The lowest BCUT2D eigenvalue weighted by molar-refractivity contribution is -0.0712. The largest absolute Gasteiger partial charge is 0.404 e. The van der Waals surface area contributed by atoms with Crippen LogP contribution in [0.25, 0.3) is 6.08 Å². The maximum Gasteiger partial charge on any atom is 0.292 e. The molecular formula is C10H11ClF2N4O. The molecule has 0 aromatic carbocycles. The molecule has 1 atom stereocenters. The van der Waals surface area contributed by atoms with Crippen molar-refractivity contribution < 1.29 is 13.9 Å². The molecule has 3 N–H and O–H groups in total. The second-order valence-corrected chi connectivity index (χ2v) is 4.31. The van der Waals surface area contributed by atoms with Gasteiger partial charge in [-0.05, 0) is 12.3 Å². The maximum absolute atomic E-state index is 13.2. The highest BCUT2D eigenvalue weighted by atomic mass is 35.5. The first-order chi connectivity index (χ1) is 8.42. The Morgan fingerprint density at radius 2 is 2.28 bits per heavy atom. The van der Waals surface area contributed by atoms with Crippen LogP contribution in [0, 0.1) is 0 Å². The molecular weight excluding hydrogens is 266 g/mol. The molecule has 2 rings (SSSR count). The van der Waals surface area contributed by atoms with Crippen LogP contribution in [-0.2, 0) is 0 Å². The number of hydrogen-bond acceptors (Lipinski definition) is 5. The van der Waals surface area contributed by atoms with E-state index in [2.05, 4.69) is 9.97 Å². The Hall–Kier alpha value is -1.47. The van der Waals surface area contributed by atoms with Crippen LogP contribution < -0.4 is 10.6 Å². The van der Waals surface area contributed by atoms with Gasteiger partial charge >= 0.3 is 0 Å². The normalized spacial score (nSPS) is 22.9. The second-order valence-electron chi connectivity index (χ2n) is 3.92. The molecule has 0 saturated carbocycles. The molecule has 1 aromatic rings. The van der Waals surface area contributed by atoms with Crippen LogP contribution >= 0.6 is 11.6 Å². The summed E-state index contributed by atoms with van der Waals surface area (Å²) in [5, 5.41) is 9.35. The van der Waals surface area contributed by atoms with Gasteiger partial charge in [-0.2, -0.15) is 0 Å². The van der Waals surface area contributed by atoms with Gasteiger partial charge in [-0.25, -0.2) is 18.7 Å². The molecule has 1 aromatic heterocycles. The summed E-state index contributed by atoms with van der Waals surface area (Å²) in [5.41, 5.74) is 5.20. The average Bonchev–Trinajstić information content (AvgIpc) is 2.53. The first-order valence-corrected chi connectivity index (χ1v) is 5.54. The van der Waals surface area contributed by atoms with Crippen molar-refractivity contribution >= 4 is 23.5 Å². The molecule has 18 heavy (non-hydrogen) atoms. The third-order valence-electron chi connectivity index (χ3n) is 2.55. The summed E-state index contributed by atoms with van der Waals surface area (Å²) in [6.07, 6.45) is 0.919. The van der Waals surface area contributed by atoms with Crippen molar-refractivity contribution in [3.05, 3.63) is 23.2 Å². The molecule has 0 aliphatic carbocycles. The van der Waals surface area contributed by atoms with Crippen molar-refractivity contribution in [3.8, 4) is 0 Å². The standard InChI is InChI=1S/C10H11ClF2N4O/c11-7-3-9(16-8(15-7)1-2-14)17-4-6(18)10(12,13)5-17/h1-3,6,18H,4-5,14H2. The monoisotopic (exact) mass is 276 g/mol. The van der Waals surface area contributed by atoms with Gasteiger partial charge < -0.3 is 15.7 Å². The van der Waals surface area contributed by atoms with Crippen LogP contribution in [0.4, 0.5) is 14.6 Å². The van der Waals surface area contributed by atoms with E-state index in [4.69, 9.17) is 17.3 Å². The number of halogens is 3. The topological polar surface area (TPSA) is 75.3 Å². The lowest BCUT2D eigenvalue weighted by atomic mass is 10.2. The van der Waals surface area contributed by atoms with E-state index in [1.807, 2.05) is 0 Å². The molecule has 1 aliphatic rings. The van der Waals surface area contributed by atoms with Crippen molar-refractivity contribution in [2.75, 3.05) is 18.0 Å². The van der Waals surface area contributed by atoms with Gasteiger partial charge in [0, 0.05) is 6.07 Å². The summed E-state index contributed by atoms with van der Waals surface area (Å²) >= 11 is 5.77. The predicted molar refractivity (Wildman–Crippen MR) is 63.4 cm³/mol. The smallest absolute Gasteiger partial charge is 0.292 e. The van der Waals surface area contributed by atoms with Crippen molar-refractivity contribution in [1.82, 2.24) is 9.97 Å². The number of aliphatic hydroxyl groups is 1. The van der Waals surface area contributed by atoms with Crippen LogP contribution in [0.3, 0.4) is 0 Å². The van der Waals surface area contributed by atoms with E-state index in [1.54, 1.807) is 0 Å². The van der Waals surface area contributed by atoms with Gasteiger partial charge in [0.05, 0.1) is 13.1 Å². The summed E-state index contributed by atoms with van der Waals surface area (Å²) in [6.45, 7) is -0.806. The first kappa shape index (κ1) is 13.0. The summed E-state index contributed by atoms with van der Waals surface area (Å²) in [5.74, 6) is -2.69. The summed E-state index contributed by atoms with van der Waals surface area (Å²) in [7, 11) is 0. The number of aromatic nitrogens is 2. The van der Waals surface area contributed by atoms with Crippen LogP contribution in [-0.4, -0.2) is 40.2 Å². The number of nitrogens with zero attached hydrogens (tertiary/aromatic N) is 3. The number of rotatable bonds is 2. The zero-order chi connectivity index (χ0) is 13.3. The Labute approximate surface area is 107 Å². The fourth-order valence-corrected chi connectivity index (χ4v) is 1.87. The molecule has 0 amide bonds. The van der Waals surface area contributed by atoms with Gasteiger partial charge in [0.15, 0.2) is 5.82 Å². The molecule has 5 nitrogen and oxygen atoms in total. The molecule has 1 aliphatic heterocycles. The lowest BCUT2D eigenvalue weighted by Crippen LogP contribution is -2.31. The zero-order valence-corrected chi connectivity index (χ0v) is 9.98. The third-order valence-corrected chi connectivity index (χ3v) is 2.74. The minimum atomic E-state index is -3.15. The van der Waals surface area contributed by atoms with E-state index >= 15 is 0 Å². The van der Waals surface area contributed by atoms with Crippen LogP contribution in [0.5, 0.6) is 0 Å². The van der Waals surface area contributed by atoms with Gasteiger partial charge in [-0.3, -0.25) is 0 Å². The molecule has 1 unspecified atom stereocenters. The molecule has 8 heteroatoms. The fourth-order valence-electron chi connectivity index (χ4n) is 1.69. The van der Waals surface area contributed by atoms with Crippen molar-refractivity contribution in [3.63, 3.8) is 0 Å². The van der Waals surface area contributed by atoms with Gasteiger partial charge in [-0.15, -0.1) is 0 Å². The number of aliphatic hydroxyl groups excluding tert-OH is 1. The predicted octanol–water partition coefficient (Wildman–Crippen LogP) is 0.876. The van der Waals surface area contributed by atoms with Crippen molar-refractivity contribution in [1.29, 1.82) is 0 Å². The van der Waals surface area contributed by atoms with Crippen molar-refractivity contribution in [2.45, 2.75) is 12.0 Å². The Morgan fingerprint density at radius 1 is 1.56 bits per heavy atom. The number of alkyl halides is 2. The highest BCUT2D eigenvalue weighted by Gasteiger charge is 2.47. The van der Waals surface area contributed by atoms with Gasteiger partial charge in [0.2, 0.25) is 0 Å². The van der Waals surface area contributed by atoms with E-state index in [1.165, 1.54) is 23.2 Å². The molecule has 98 valence electrons. The molecule has 2 heterocycles. The van der Waals surface area contributed by atoms with Gasteiger partial charge in [-0.1, -0.05) is 11.6 Å². The van der Waals surface area contributed by atoms with Gasteiger partial charge in [0.25, 0.3) is 5.92 Å². The molecule has 0 spiro atoms. The average molecular weight is 277 g/mol. The van der Waals surface area contributed by atoms with Crippen LogP contribution in [0.1, 0.15) is 5.82 Å². The lowest BCUT2D eigenvalue weighted by Gasteiger charge is -2.16. The summed E-state index contributed by atoms with van der Waals surface area (Å²) in [6, 6.07) is 1.36. The molecule has 1 saturated heterocycles. The Bertz CT molecular complexity index is 483. The quantitative estimate of drug-likeness (QED) is 0.784. The minimum Gasteiger partial charge on any atom is -0.404 e. The Morgan fingerprint density at radius 3 is 2.83 bits per heavy atom. The van der Waals surface area contributed by atoms with E-state index in [-0.39, 0.29) is 23.3 Å². The van der Waals surface area contributed by atoms with Gasteiger partial charge in [0.1, 0.15) is 17.1 Å². The molecule has 0 radical (unpaired) electrons. The zero-order valence-electron chi connectivity index (χ0n) is 9.22. The summed E-state index contributed by atoms with van der Waals surface area (Å²) in [4.78, 5) is 9.14. The number of β-amino-alcohol motifs (C(OH)–C–C–N with tert-alkyl or cyclic N) is 1. The molecule has 0 bridgehead atoms. The molecule has 1 fully saturated rings. The minimum absolute atomic E-state index is 0.123. The number of anilines is 1. The van der Waals surface area contributed by atoms with Crippen LogP contribution in [0.15, 0.2) is 12.3 Å². The van der Waals surface area contributed by atoms with E-state index in [9.17, 15) is 13.9 Å². The number of hydrogen-bond donors (Lipinski definition) is 2. The first-order valence-electron chi connectivity index (χ1n) is 5.16. The Kier molecular flexibility index (Phi) is 3.36.